The topological polar surface area (TPSA) is 82.1 Å². The van der Waals surface area contributed by atoms with Crippen LogP contribution in [0, 0.1) is 0 Å². The molecule has 3 rings (SSSR count). The quantitative estimate of drug-likeness (QED) is 0.472. The number of carbonyl (C=O) groups excluding carboxylic acids is 1. The third-order valence-electron chi connectivity index (χ3n) is 4.50. The standard InChI is InChI=1S/C21H24ClNO6S/c1-15-13-23(14-16(2)29-15)30(25,26)20-12-17(8-9-19(20)22)21(24)28-11-10-27-18-6-4-3-5-7-18/h3-9,12,15-16H,10-11,13-14H2,1-2H3. The molecule has 0 N–H and O–H groups in total. The maximum absolute atomic E-state index is 13.1. The normalized spacial score (nSPS) is 20.0. The highest BCUT2D eigenvalue weighted by molar-refractivity contribution is 7.89. The van der Waals surface area contributed by atoms with Crippen LogP contribution >= 0.6 is 11.6 Å². The molecule has 9 heteroatoms. The molecule has 1 fully saturated rings. The monoisotopic (exact) mass is 453 g/mol. The van der Waals surface area contributed by atoms with Gasteiger partial charge in [0, 0.05) is 13.1 Å². The number of hydrogen-bond donors (Lipinski definition) is 0. The van der Waals surface area contributed by atoms with Gasteiger partial charge < -0.3 is 14.2 Å². The molecule has 0 aliphatic carbocycles. The summed E-state index contributed by atoms with van der Waals surface area (Å²) in [6, 6.07) is 13.2. The van der Waals surface area contributed by atoms with Crippen molar-refractivity contribution in [1.82, 2.24) is 4.31 Å². The predicted octanol–water partition coefficient (Wildman–Crippen LogP) is 3.37. The van der Waals surface area contributed by atoms with Crippen molar-refractivity contribution in [3.8, 4) is 5.75 Å². The van der Waals surface area contributed by atoms with E-state index in [2.05, 4.69) is 0 Å². The number of benzene rings is 2. The highest BCUT2D eigenvalue weighted by atomic mass is 35.5. The summed E-state index contributed by atoms with van der Waals surface area (Å²) >= 11 is 6.16. The van der Waals surface area contributed by atoms with E-state index in [0.29, 0.717) is 5.75 Å². The summed E-state index contributed by atoms with van der Waals surface area (Å²) in [7, 11) is -3.89. The van der Waals surface area contributed by atoms with Crippen molar-refractivity contribution in [1.29, 1.82) is 0 Å². The fourth-order valence-corrected chi connectivity index (χ4v) is 5.28. The summed E-state index contributed by atoms with van der Waals surface area (Å²) in [5, 5.41) is 0.0470. The van der Waals surface area contributed by atoms with Crippen LogP contribution in [0.15, 0.2) is 53.4 Å². The molecule has 0 radical (unpaired) electrons. The number of hydrogen-bond acceptors (Lipinski definition) is 6. The molecule has 1 saturated heterocycles. The summed E-state index contributed by atoms with van der Waals surface area (Å²) in [4.78, 5) is 12.3. The van der Waals surface area contributed by atoms with E-state index in [4.69, 9.17) is 25.8 Å². The Labute approximate surface area is 181 Å². The zero-order valence-electron chi connectivity index (χ0n) is 16.8. The van der Waals surface area contributed by atoms with Crippen molar-refractivity contribution in [3.63, 3.8) is 0 Å². The molecule has 1 aliphatic heterocycles. The lowest BCUT2D eigenvalue weighted by atomic mass is 10.2. The molecule has 0 saturated carbocycles. The first-order valence-electron chi connectivity index (χ1n) is 9.57. The number of sulfonamides is 1. The first-order valence-corrected chi connectivity index (χ1v) is 11.4. The number of carbonyl (C=O) groups is 1. The van der Waals surface area contributed by atoms with E-state index in [9.17, 15) is 13.2 Å². The number of halogens is 1. The lowest BCUT2D eigenvalue weighted by Crippen LogP contribution is -2.48. The molecular formula is C21H24ClNO6S. The SMILES string of the molecule is CC1CN(S(=O)(=O)c2cc(C(=O)OCCOc3ccccc3)ccc2Cl)CC(C)O1. The minimum Gasteiger partial charge on any atom is -0.490 e. The zero-order chi connectivity index (χ0) is 21.7. The van der Waals surface area contributed by atoms with Gasteiger partial charge in [-0.15, -0.1) is 0 Å². The molecule has 2 aromatic carbocycles. The predicted molar refractivity (Wildman–Crippen MR) is 112 cm³/mol. The van der Waals surface area contributed by atoms with Gasteiger partial charge in [0.2, 0.25) is 10.0 Å². The van der Waals surface area contributed by atoms with E-state index >= 15 is 0 Å². The van der Waals surface area contributed by atoms with Crippen molar-refractivity contribution in [2.45, 2.75) is 31.0 Å². The summed E-state index contributed by atoms with van der Waals surface area (Å²) in [5.74, 6) is 0.0193. The van der Waals surface area contributed by atoms with Gasteiger partial charge in [-0.1, -0.05) is 29.8 Å². The van der Waals surface area contributed by atoms with E-state index in [1.54, 1.807) is 12.1 Å². The van der Waals surface area contributed by atoms with Gasteiger partial charge in [-0.2, -0.15) is 4.31 Å². The van der Waals surface area contributed by atoms with Crippen LogP contribution in [0.25, 0.3) is 0 Å². The van der Waals surface area contributed by atoms with Crippen molar-refractivity contribution in [3.05, 3.63) is 59.1 Å². The molecule has 7 nitrogen and oxygen atoms in total. The average molecular weight is 454 g/mol. The van der Waals surface area contributed by atoms with Crippen LogP contribution in [0.2, 0.25) is 5.02 Å². The van der Waals surface area contributed by atoms with Crippen molar-refractivity contribution in [2.24, 2.45) is 0 Å². The number of esters is 1. The third kappa shape index (κ3) is 5.51. The molecule has 2 unspecified atom stereocenters. The number of rotatable bonds is 7. The highest BCUT2D eigenvalue weighted by Gasteiger charge is 2.34. The second-order valence-corrected chi connectivity index (χ2v) is 9.34. The number of para-hydroxylation sites is 1. The van der Waals surface area contributed by atoms with E-state index in [0.717, 1.165) is 0 Å². The molecule has 30 heavy (non-hydrogen) atoms. The molecule has 0 aromatic heterocycles. The van der Waals surface area contributed by atoms with Crippen molar-refractivity contribution >= 4 is 27.6 Å². The van der Waals surface area contributed by atoms with Gasteiger partial charge in [-0.25, -0.2) is 13.2 Å². The van der Waals surface area contributed by atoms with Crippen LogP contribution in [0.4, 0.5) is 0 Å². The average Bonchev–Trinajstić information content (AvgIpc) is 2.71. The molecule has 0 bridgehead atoms. The minimum absolute atomic E-state index is 0.0247. The summed E-state index contributed by atoms with van der Waals surface area (Å²) < 4.78 is 43.8. The fourth-order valence-electron chi connectivity index (χ4n) is 3.19. The second-order valence-electron chi connectivity index (χ2n) is 7.02. The number of ether oxygens (including phenoxy) is 3. The fraction of sp³-hybridized carbons (Fsp3) is 0.381. The van der Waals surface area contributed by atoms with Gasteiger partial charge in [0.1, 0.15) is 23.9 Å². The molecule has 1 heterocycles. The molecule has 1 aliphatic rings. The van der Waals surface area contributed by atoms with Crippen LogP contribution in [0.1, 0.15) is 24.2 Å². The van der Waals surface area contributed by atoms with Crippen molar-refractivity contribution < 1.29 is 27.4 Å². The molecular weight excluding hydrogens is 430 g/mol. The van der Waals surface area contributed by atoms with Gasteiger partial charge in [0.05, 0.1) is 22.8 Å². The Balaban J connectivity index is 1.67. The summed E-state index contributed by atoms with van der Waals surface area (Å²) in [5.41, 5.74) is 0.104. The smallest absolute Gasteiger partial charge is 0.338 e. The second kappa shape index (κ2) is 9.78. The molecule has 2 aromatic rings. The summed E-state index contributed by atoms with van der Waals surface area (Å²) in [6.45, 7) is 4.26. The zero-order valence-corrected chi connectivity index (χ0v) is 18.4. The first kappa shape index (κ1) is 22.6. The Morgan fingerprint density at radius 3 is 2.43 bits per heavy atom. The van der Waals surface area contributed by atoms with Gasteiger partial charge >= 0.3 is 5.97 Å². The maximum Gasteiger partial charge on any atom is 0.338 e. The molecule has 0 spiro atoms. The molecule has 0 amide bonds. The summed E-state index contributed by atoms with van der Waals surface area (Å²) in [6.07, 6.45) is -0.472. The van der Waals surface area contributed by atoms with E-state index in [1.165, 1.54) is 22.5 Å². The maximum atomic E-state index is 13.1. The van der Waals surface area contributed by atoms with Gasteiger partial charge in [0.15, 0.2) is 0 Å². The Morgan fingerprint density at radius 2 is 1.77 bits per heavy atom. The lowest BCUT2D eigenvalue weighted by Gasteiger charge is -2.34. The Hall–Kier alpha value is -2.13. The van der Waals surface area contributed by atoms with Crippen LogP contribution in [-0.4, -0.2) is 57.2 Å². The van der Waals surface area contributed by atoms with Gasteiger partial charge in [0.25, 0.3) is 0 Å². The number of morpholine rings is 1. The largest absolute Gasteiger partial charge is 0.490 e. The Bertz CT molecular complexity index is 972. The van der Waals surface area contributed by atoms with Crippen molar-refractivity contribution in [2.75, 3.05) is 26.3 Å². The highest BCUT2D eigenvalue weighted by Crippen LogP contribution is 2.28. The Morgan fingerprint density at radius 1 is 1.10 bits per heavy atom. The van der Waals surface area contributed by atoms with Gasteiger partial charge in [-0.05, 0) is 44.2 Å². The van der Waals surface area contributed by atoms with Crippen LogP contribution in [0.5, 0.6) is 5.75 Å². The van der Waals surface area contributed by atoms with Crippen LogP contribution in [-0.2, 0) is 19.5 Å². The third-order valence-corrected chi connectivity index (χ3v) is 6.81. The van der Waals surface area contributed by atoms with E-state index < -0.39 is 16.0 Å². The molecule has 162 valence electrons. The number of nitrogens with zero attached hydrogens (tertiary/aromatic N) is 1. The Kier molecular flexibility index (Phi) is 7.36. The van der Waals surface area contributed by atoms with Crippen LogP contribution < -0.4 is 4.74 Å². The first-order chi connectivity index (χ1) is 14.3. The van der Waals surface area contributed by atoms with E-state index in [1.807, 2.05) is 32.0 Å². The minimum atomic E-state index is -3.89. The van der Waals surface area contributed by atoms with Crippen LogP contribution in [0.3, 0.4) is 0 Å². The lowest BCUT2D eigenvalue weighted by molar-refractivity contribution is -0.0440. The van der Waals surface area contributed by atoms with Gasteiger partial charge in [-0.3, -0.25) is 0 Å². The van der Waals surface area contributed by atoms with E-state index in [-0.39, 0.29) is 54.0 Å². The molecule has 2 atom stereocenters.